The zero-order valence-electron chi connectivity index (χ0n) is 14.0. The number of ether oxygens (including phenoxy) is 2. The molecule has 23 heavy (non-hydrogen) atoms. The predicted molar refractivity (Wildman–Crippen MR) is 87.9 cm³/mol. The summed E-state index contributed by atoms with van der Waals surface area (Å²) >= 11 is 0. The molecule has 0 bridgehead atoms. The topological polar surface area (TPSA) is 76.7 Å². The maximum atomic E-state index is 11.6. The summed E-state index contributed by atoms with van der Waals surface area (Å²) in [6, 6.07) is 9.11. The Balaban J connectivity index is 2.21. The fraction of sp³-hybridized carbons (Fsp3) is 0.529. The second kappa shape index (κ2) is 10.6. The molecule has 0 fully saturated rings. The van der Waals surface area contributed by atoms with Gasteiger partial charge in [-0.3, -0.25) is 4.79 Å². The number of hydrogen-bond donors (Lipinski definition) is 2. The van der Waals surface area contributed by atoms with Gasteiger partial charge in [0.2, 0.25) is 0 Å². The van der Waals surface area contributed by atoms with Gasteiger partial charge in [-0.15, -0.1) is 0 Å². The van der Waals surface area contributed by atoms with E-state index < -0.39 is 6.09 Å². The molecule has 0 spiro atoms. The third-order valence-electron chi connectivity index (χ3n) is 3.19. The number of benzene rings is 1. The highest BCUT2D eigenvalue weighted by Crippen LogP contribution is 2.05. The molecule has 0 radical (unpaired) electrons. The van der Waals surface area contributed by atoms with Crippen molar-refractivity contribution in [1.29, 1.82) is 0 Å². The van der Waals surface area contributed by atoms with Gasteiger partial charge in [-0.1, -0.05) is 44.2 Å². The molecule has 2 N–H and O–H groups in total. The Morgan fingerprint density at radius 3 is 2.43 bits per heavy atom. The molecular weight excluding hydrogens is 296 g/mol. The smallest absolute Gasteiger partial charge is 0.407 e. The number of carbonyl (C=O) groups is 2. The molecule has 0 heterocycles. The van der Waals surface area contributed by atoms with Gasteiger partial charge in [-0.05, 0) is 17.9 Å². The lowest BCUT2D eigenvalue weighted by molar-refractivity contribution is -0.143. The van der Waals surface area contributed by atoms with E-state index in [4.69, 9.17) is 9.47 Å². The molecule has 1 amide bonds. The van der Waals surface area contributed by atoms with Crippen LogP contribution in [-0.4, -0.2) is 38.3 Å². The van der Waals surface area contributed by atoms with E-state index in [1.165, 1.54) is 7.11 Å². The lowest BCUT2D eigenvalue weighted by Gasteiger charge is -2.18. The molecule has 128 valence electrons. The first-order valence-electron chi connectivity index (χ1n) is 7.78. The Morgan fingerprint density at radius 2 is 1.83 bits per heavy atom. The van der Waals surface area contributed by atoms with E-state index in [9.17, 15) is 9.59 Å². The maximum Gasteiger partial charge on any atom is 0.407 e. The standard InChI is InChI=1S/C17H26N2O4/c1-13(2)11-15(16(20)22-3)18-9-10-19-17(21)23-12-14-7-5-4-6-8-14/h4-8,13,15,18H,9-12H2,1-3H3,(H,19,21). The normalized spacial score (nSPS) is 11.8. The summed E-state index contributed by atoms with van der Waals surface area (Å²) < 4.78 is 9.86. The highest BCUT2D eigenvalue weighted by Gasteiger charge is 2.19. The summed E-state index contributed by atoms with van der Waals surface area (Å²) in [5.41, 5.74) is 0.934. The van der Waals surface area contributed by atoms with Crippen molar-refractivity contribution in [2.75, 3.05) is 20.2 Å². The van der Waals surface area contributed by atoms with Gasteiger partial charge in [-0.2, -0.15) is 0 Å². The van der Waals surface area contributed by atoms with E-state index in [1.54, 1.807) is 0 Å². The molecule has 0 saturated heterocycles. The van der Waals surface area contributed by atoms with Crippen LogP contribution in [-0.2, 0) is 20.9 Å². The second-order valence-corrected chi connectivity index (χ2v) is 5.65. The van der Waals surface area contributed by atoms with E-state index in [2.05, 4.69) is 10.6 Å². The molecule has 1 aromatic carbocycles. The Bertz CT molecular complexity index is 477. The fourth-order valence-corrected chi connectivity index (χ4v) is 2.06. The van der Waals surface area contributed by atoms with E-state index in [0.29, 0.717) is 25.4 Å². The number of hydrogen-bond acceptors (Lipinski definition) is 5. The first kappa shape index (κ1) is 19.0. The molecule has 6 heteroatoms. The minimum Gasteiger partial charge on any atom is -0.468 e. The van der Waals surface area contributed by atoms with Crippen molar-refractivity contribution in [3.05, 3.63) is 35.9 Å². The van der Waals surface area contributed by atoms with Gasteiger partial charge in [0.15, 0.2) is 0 Å². The fourth-order valence-electron chi connectivity index (χ4n) is 2.06. The SMILES string of the molecule is COC(=O)C(CC(C)C)NCCNC(=O)OCc1ccccc1. The molecular formula is C17H26N2O4. The van der Waals surface area contributed by atoms with Gasteiger partial charge in [-0.25, -0.2) is 4.79 Å². The number of rotatable bonds is 9. The van der Waals surface area contributed by atoms with Crippen molar-refractivity contribution < 1.29 is 19.1 Å². The average molecular weight is 322 g/mol. The number of carbonyl (C=O) groups excluding carboxylic acids is 2. The molecule has 0 aromatic heterocycles. The number of nitrogens with one attached hydrogen (secondary N) is 2. The summed E-state index contributed by atoms with van der Waals surface area (Å²) in [5.74, 6) is 0.0840. The van der Waals surface area contributed by atoms with Crippen molar-refractivity contribution in [1.82, 2.24) is 10.6 Å². The molecule has 1 unspecified atom stereocenters. The van der Waals surface area contributed by atoms with Gasteiger partial charge in [0.25, 0.3) is 0 Å². The second-order valence-electron chi connectivity index (χ2n) is 5.65. The first-order valence-corrected chi connectivity index (χ1v) is 7.78. The molecule has 1 rings (SSSR count). The predicted octanol–water partition coefficient (Wildman–Crippen LogP) is 2.09. The van der Waals surface area contributed by atoms with Crippen molar-refractivity contribution in [2.45, 2.75) is 32.9 Å². The van der Waals surface area contributed by atoms with Crippen LogP contribution in [0.4, 0.5) is 4.79 Å². The number of alkyl carbamates (subject to hydrolysis) is 1. The van der Waals surface area contributed by atoms with E-state index in [-0.39, 0.29) is 18.6 Å². The van der Waals surface area contributed by atoms with Gasteiger partial charge in [0.05, 0.1) is 7.11 Å². The quantitative estimate of drug-likeness (QED) is 0.538. The number of amides is 1. The van der Waals surface area contributed by atoms with Crippen LogP contribution in [0, 0.1) is 5.92 Å². The number of esters is 1. The van der Waals surface area contributed by atoms with Gasteiger partial charge in [0, 0.05) is 13.1 Å². The summed E-state index contributed by atoms with van der Waals surface area (Å²) in [4.78, 5) is 23.2. The largest absolute Gasteiger partial charge is 0.468 e. The van der Waals surface area contributed by atoms with Crippen LogP contribution in [0.25, 0.3) is 0 Å². The van der Waals surface area contributed by atoms with E-state index >= 15 is 0 Å². The Labute approximate surface area is 137 Å². The van der Waals surface area contributed by atoms with Crippen LogP contribution >= 0.6 is 0 Å². The van der Waals surface area contributed by atoms with Gasteiger partial charge < -0.3 is 20.1 Å². The molecule has 0 aliphatic carbocycles. The van der Waals surface area contributed by atoms with Gasteiger partial charge in [0.1, 0.15) is 12.6 Å². The van der Waals surface area contributed by atoms with Crippen LogP contribution in [0.5, 0.6) is 0 Å². The number of methoxy groups -OCH3 is 1. The molecule has 0 aliphatic rings. The highest BCUT2D eigenvalue weighted by atomic mass is 16.5. The highest BCUT2D eigenvalue weighted by molar-refractivity contribution is 5.75. The maximum absolute atomic E-state index is 11.6. The molecule has 1 aromatic rings. The Morgan fingerprint density at radius 1 is 1.13 bits per heavy atom. The van der Waals surface area contributed by atoms with Crippen LogP contribution in [0.2, 0.25) is 0 Å². The van der Waals surface area contributed by atoms with Crippen LogP contribution in [0.3, 0.4) is 0 Å². The van der Waals surface area contributed by atoms with Crippen LogP contribution < -0.4 is 10.6 Å². The minimum absolute atomic E-state index is 0.234. The van der Waals surface area contributed by atoms with Crippen molar-refractivity contribution in [3.63, 3.8) is 0 Å². The minimum atomic E-state index is -0.478. The Kier molecular flexibility index (Phi) is 8.75. The third kappa shape index (κ3) is 8.21. The molecule has 6 nitrogen and oxygen atoms in total. The average Bonchev–Trinajstić information content (AvgIpc) is 2.55. The third-order valence-corrected chi connectivity index (χ3v) is 3.19. The summed E-state index contributed by atoms with van der Waals surface area (Å²) in [6.45, 7) is 5.15. The summed E-state index contributed by atoms with van der Waals surface area (Å²) in [7, 11) is 1.37. The zero-order chi connectivity index (χ0) is 17.1. The zero-order valence-corrected chi connectivity index (χ0v) is 14.0. The van der Waals surface area contributed by atoms with Crippen LogP contribution in [0.15, 0.2) is 30.3 Å². The lowest BCUT2D eigenvalue weighted by Crippen LogP contribution is -2.42. The van der Waals surface area contributed by atoms with Crippen molar-refractivity contribution in [2.24, 2.45) is 5.92 Å². The first-order chi connectivity index (χ1) is 11.0. The molecule has 1 atom stereocenters. The van der Waals surface area contributed by atoms with Crippen LogP contribution in [0.1, 0.15) is 25.8 Å². The lowest BCUT2D eigenvalue weighted by atomic mass is 10.0. The molecule has 0 saturated carbocycles. The summed E-state index contributed by atoms with van der Waals surface area (Å²) in [5, 5.41) is 5.73. The van der Waals surface area contributed by atoms with E-state index in [1.807, 2.05) is 44.2 Å². The monoisotopic (exact) mass is 322 g/mol. The Hall–Kier alpha value is -2.08. The van der Waals surface area contributed by atoms with Crippen molar-refractivity contribution >= 4 is 12.1 Å². The molecule has 0 aliphatic heterocycles. The van der Waals surface area contributed by atoms with Crippen molar-refractivity contribution in [3.8, 4) is 0 Å². The van der Waals surface area contributed by atoms with E-state index in [0.717, 1.165) is 5.56 Å². The summed E-state index contributed by atoms with van der Waals surface area (Å²) in [6.07, 6.45) is 0.208. The van der Waals surface area contributed by atoms with Gasteiger partial charge >= 0.3 is 12.1 Å².